The van der Waals surface area contributed by atoms with E-state index in [2.05, 4.69) is 18.5 Å². The van der Waals surface area contributed by atoms with Crippen LogP contribution >= 0.6 is 11.8 Å². The molecule has 0 aromatic carbocycles. The van der Waals surface area contributed by atoms with Gasteiger partial charge in [0.1, 0.15) is 0 Å². The van der Waals surface area contributed by atoms with Gasteiger partial charge in [-0.1, -0.05) is 26.2 Å². The second-order valence-corrected chi connectivity index (χ2v) is 5.07. The van der Waals surface area contributed by atoms with Crippen LogP contribution in [0, 0.1) is 5.92 Å². The summed E-state index contributed by atoms with van der Waals surface area (Å²) in [6, 6.07) is 0.825. The Morgan fingerprint density at radius 1 is 1.38 bits per heavy atom. The normalized spacial score (nSPS) is 29.1. The lowest BCUT2D eigenvalue weighted by molar-refractivity contribution is 0.283. The molecule has 1 N–H and O–H groups in total. The highest BCUT2D eigenvalue weighted by Gasteiger charge is 2.19. The van der Waals surface area contributed by atoms with Gasteiger partial charge in [-0.3, -0.25) is 0 Å². The van der Waals surface area contributed by atoms with Crippen molar-refractivity contribution in [2.75, 3.05) is 18.6 Å². The highest BCUT2D eigenvalue weighted by atomic mass is 32.2. The van der Waals surface area contributed by atoms with E-state index in [-0.39, 0.29) is 0 Å². The summed E-state index contributed by atoms with van der Waals surface area (Å²) in [7, 11) is 0. The lowest BCUT2D eigenvalue weighted by Crippen LogP contribution is -2.35. The van der Waals surface area contributed by atoms with Crippen molar-refractivity contribution in [1.82, 2.24) is 5.32 Å². The van der Waals surface area contributed by atoms with Crippen LogP contribution in [0.2, 0.25) is 0 Å². The molecular weight excluding hydrogens is 178 g/mol. The highest BCUT2D eigenvalue weighted by molar-refractivity contribution is 7.98. The van der Waals surface area contributed by atoms with Crippen LogP contribution in [0.3, 0.4) is 0 Å². The third kappa shape index (κ3) is 4.37. The highest BCUT2D eigenvalue weighted by Crippen LogP contribution is 2.26. The summed E-state index contributed by atoms with van der Waals surface area (Å²) in [5.74, 6) is 2.26. The first-order chi connectivity index (χ1) is 6.36. The molecule has 0 amide bonds. The van der Waals surface area contributed by atoms with E-state index in [0.29, 0.717) is 0 Å². The molecule has 78 valence electrons. The number of hydrogen-bond donors (Lipinski definition) is 1. The van der Waals surface area contributed by atoms with Crippen molar-refractivity contribution in [2.24, 2.45) is 5.92 Å². The maximum absolute atomic E-state index is 3.67. The quantitative estimate of drug-likeness (QED) is 0.686. The van der Waals surface area contributed by atoms with Gasteiger partial charge in [0.25, 0.3) is 0 Å². The van der Waals surface area contributed by atoms with Crippen molar-refractivity contribution in [3.05, 3.63) is 0 Å². The maximum Gasteiger partial charge on any atom is 0.00700 e. The zero-order valence-corrected chi connectivity index (χ0v) is 9.83. The van der Waals surface area contributed by atoms with Gasteiger partial charge in [-0.25, -0.2) is 0 Å². The summed E-state index contributed by atoms with van der Waals surface area (Å²) in [5, 5.41) is 3.67. The summed E-state index contributed by atoms with van der Waals surface area (Å²) in [4.78, 5) is 0. The minimum Gasteiger partial charge on any atom is -0.313 e. The average molecular weight is 201 g/mol. The molecule has 0 heterocycles. The molecule has 2 atom stereocenters. The second-order valence-electron chi connectivity index (χ2n) is 4.08. The van der Waals surface area contributed by atoms with Gasteiger partial charge in [0.2, 0.25) is 0 Å². The molecule has 2 heteroatoms. The van der Waals surface area contributed by atoms with E-state index in [1.165, 1.54) is 44.4 Å². The monoisotopic (exact) mass is 201 g/mol. The predicted molar refractivity (Wildman–Crippen MR) is 62.4 cm³/mol. The first kappa shape index (κ1) is 11.4. The van der Waals surface area contributed by atoms with E-state index in [0.717, 1.165) is 12.0 Å². The molecule has 2 unspecified atom stereocenters. The minimum absolute atomic E-state index is 0.825. The Morgan fingerprint density at radius 3 is 2.92 bits per heavy atom. The van der Waals surface area contributed by atoms with Gasteiger partial charge in [-0.05, 0) is 25.0 Å². The van der Waals surface area contributed by atoms with Crippen LogP contribution in [-0.2, 0) is 0 Å². The molecule has 1 aliphatic rings. The van der Waals surface area contributed by atoms with E-state index < -0.39 is 0 Å². The van der Waals surface area contributed by atoms with E-state index in [1.807, 2.05) is 11.8 Å². The van der Waals surface area contributed by atoms with Gasteiger partial charge in [0, 0.05) is 18.3 Å². The number of thioether (sulfide) groups is 1. The number of hydrogen-bond acceptors (Lipinski definition) is 2. The first-order valence-electron chi connectivity index (χ1n) is 5.59. The van der Waals surface area contributed by atoms with Crippen molar-refractivity contribution in [3.63, 3.8) is 0 Å². The topological polar surface area (TPSA) is 12.0 Å². The number of rotatable bonds is 5. The van der Waals surface area contributed by atoms with Crippen LogP contribution in [0.25, 0.3) is 0 Å². The van der Waals surface area contributed by atoms with Crippen LogP contribution in [0.15, 0.2) is 0 Å². The molecule has 1 nitrogen and oxygen atoms in total. The lowest BCUT2D eigenvalue weighted by atomic mass is 9.84. The van der Waals surface area contributed by atoms with Gasteiger partial charge in [0.05, 0.1) is 0 Å². The smallest absolute Gasteiger partial charge is 0.00700 e. The molecule has 13 heavy (non-hydrogen) atoms. The van der Waals surface area contributed by atoms with Crippen molar-refractivity contribution in [2.45, 2.75) is 45.1 Å². The Morgan fingerprint density at radius 2 is 2.23 bits per heavy atom. The van der Waals surface area contributed by atoms with Crippen LogP contribution < -0.4 is 5.32 Å². The molecule has 1 saturated carbocycles. The van der Waals surface area contributed by atoms with Gasteiger partial charge in [0.15, 0.2) is 0 Å². The summed E-state index contributed by atoms with van der Waals surface area (Å²) >= 11 is 1.93. The SMILES string of the molecule is CCC1CCCC(NCCSC)C1. The molecule has 1 aliphatic carbocycles. The molecule has 0 spiro atoms. The van der Waals surface area contributed by atoms with Crippen LogP contribution in [-0.4, -0.2) is 24.6 Å². The Hall–Kier alpha value is 0.310. The molecule has 1 fully saturated rings. The van der Waals surface area contributed by atoms with Crippen molar-refractivity contribution >= 4 is 11.8 Å². The zero-order valence-electron chi connectivity index (χ0n) is 9.01. The fraction of sp³-hybridized carbons (Fsp3) is 1.00. The Kier molecular flexibility index (Phi) is 5.88. The molecule has 0 saturated heterocycles. The van der Waals surface area contributed by atoms with Gasteiger partial charge in [-0.15, -0.1) is 0 Å². The first-order valence-corrected chi connectivity index (χ1v) is 6.98. The Labute approximate surface area is 87.1 Å². The zero-order chi connectivity index (χ0) is 9.52. The Bertz CT molecular complexity index is 127. The van der Waals surface area contributed by atoms with Crippen LogP contribution in [0.5, 0.6) is 0 Å². The molecule has 0 radical (unpaired) electrons. The summed E-state index contributed by atoms with van der Waals surface area (Å²) in [6.45, 7) is 3.53. The van der Waals surface area contributed by atoms with Crippen molar-refractivity contribution < 1.29 is 0 Å². The van der Waals surface area contributed by atoms with Crippen LogP contribution in [0.4, 0.5) is 0 Å². The Balaban J connectivity index is 2.11. The van der Waals surface area contributed by atoms with E-state index in [4.69, 9.17) is 0 Å². The third-order valence-electron chi connectivity index (χ3n) is 3.10. The maximum atomic E-state index is 3.67. The van der Waals surface area contributed by atoms with Gasteiger partial charge < -0.3 is 5.32 Å². The van der Waals surface area contributed by atoms with Gasteiger partial charge in [-0.2, -0.15) is 11.8 Å². The standard InChI is InChI=1S/C11H23NS/c1-3-10-5-4-6-11(9-10)12-7-8-13-2/h10-12H,3-9H2,1-2H3. The largest absolute Gasteiger partial charge is 0.313 e. The predicted octanol–water partition coefficient (Wildman–Crippen LogP) is 2.91. The molecule has 0 bridgehead atoms. The van der Waals surface area contributed by atoms with E-state index in [1.54, 1.807) is 0 Å². The third-order valence-corrected chi connectivity index (χ3v) is 3.71. The van der Waals surface area contributed by atoms with E-state index in [9.17, 15) is 0 Å². The molecule has 1 rings (SSSR count). The molecule has 0 aromatic rings. The fourth-order valence-electron chi connectivity index (χ4n) is 2.21. The number of nitrogens with one attached hydrogen (secondary N) is 1. The van der Waals surface area contributed by atoms with Crippen molar-refractivity contribution in [1.29, 1.82) is 0 Å². The van der Waals surface area contributed by atoms with Crippen molar-refractivity contribution in [3.8, 4) is 0 Å². The van der Waals surface area contributed by atoms with E-state index >= 15 is 0 Å². The summed E-state index contributed by atoms with van der Waals surface area (Å²) in [5.41, 5.74) is 0. The minimum atomic E-state index is 0.825. The average Bonchev–Trinajstić information content (AvgIpc) is 2.19. The second kappa shape index (κ2) is 6.72. The van der Waals surface area contributed by atoms with Crippen LogP contribution in [0.1, 0.15) is 39.0 Å². The summed E-state index contributed by atoms with van der Waals surface area (Å²) < 4.78 is 0. The lowest BCUT2D eigenvalue weighted by Gasteiger charge is -2.29. The molecule has 0 aliphatic heterocycles. The summed E-state index contributed by atoms with van der Waals surface area (Å²) in [6.07, 6.45) is 9.29. The van der Waals surface area contributed by atoms with Gasteiger partial charge >= 0.3 is 0 Å². The fourth-order valence-corrected chi connectivity index (χ4v) is 2.53. The molecule has 0 aromatic heterocycles. The molecular formula is C11H23NS.